The van der Waals surface area contributed by atoms with Crippen LogP contribution < -0.4 is 0 Å². The number of hydrogen-bond donors (Lipinski definition) is 1. The number of benzene rings is 1. The average molecular weight is 210 g/mol. The number of thioether (sulfide) groups is 1. The number of aliphatic hydroxyl groups is 1. The standard InChI is InChI=1S/C12H18OS/c1-3-10(2)12(13)9-14-11-7-5-4-6-8-11/h4-8,10,12-13H,3,9H2,1-2H3. The van der Waals surface area contributed by atoms with Crippen molar-refractivity contribution in [2.45, 2.75) is 31.3 Å². The summed E-state index contributed by atoms with van der Waals surface area (Å²) in [4.78, 5) is 1.23. The Morgan fingerprint density at radius 2 is 1.93 bits per heavy atom. The molecule has 0 aliphatic heterocycles. The Morgan fingerprint density at radius 3 is 2.50 bits per heavy atom. The van der Waals surface area contributed by atoms with Gasteiger partial charge in [-0.2, -0.15) is 0 Å². The van der Waals surface area contributed by atoms with E-state index in [0.29, 0.717) is 5.92 Å². The molecule has 0 fully saturated rings. The summed E-state index contributed by atoms with van der Waals surface area (Å²) >= 11 is 1.72. The van der Waals surface area contributed by atoms with E-state index in [2.05, 4.69) is 26.0 Å². The van der Waals surface area contributed by atoms with Crippen molar-refractivity contribution in [3.05, 3.63) is 30.3 Å². The molecule has 2 unspecified atom stereocenters. The topological polar surface area (TPSA) is 20.2 Å². The van der Waals surface area contributed by atoms with E-state index in [1.807, 2.05) is 18.2 Å². The van der Waals surface area contributed by atoms with Crippen LogP contribution in [0.1, 0.15) is 20.3 Å². The first-order valence-corrected chi connectivity index (χ1v) is 6.08. The lowest BCUT2D eigenvalue weighted by molar-refractivity contribution is 0.137. The molecular weight excluding hydrogens is 192 g/mol. The molecule has 1 aromatic carbocycles. The summed E-state index contributed by atoms with van der Waals surface area (Å²) < 4.78 is 0. The van der Waals surface area contributed by atoms with Gasteiger partial charge in [-0.25, -0.2) is 0 Å². The van der Waals surface area contributed by atoms with Crippen LogP contribution in [0.25, 0.3) is 0 Å². The van der Waals surface area contributed by atoms with Gasteiger partial charge in [-0.15, -0.1) is 11.8 Å². The molecule has 14 heavy (non-hydrogen) atoms. The van der Waals surface area contributed by atoms with Crippen molar-refractivity contribution in [3.8, 4) is 0 Å². The van der Waals surface area contributed by atoms with E-state index in [-0.39, 0.29) is 6.10 Å². The van der Waals surface area contributed by atoms with E-state index in [4.69, 9.17) is 0 Å². The largest absolute Gasteiger partial charge is 0.392 e. The quantitative estimate of drug-likeness (QED) is 0.753. The van der Waals surface area contributed by atoms with Gasteiger partial charge in [0.05, 0.1) is 6.10 Å². The van der Waals surface area contributed by atoms with Gasteiger partial charge < -0.3 is 5.11 Å². The smallest absolute Gasteiger partial charge is 0.0659 e. The van der Waals surface area contributed by atoms with Crippen molar-refractivity contribution < 1.29 is 5.11 Å². The highest BCUT2D eigenvalue weighted by atomic mass is 32.2. The number of hydrogen-bond acceptors (Lipinski definition) is 2. The first-order valence-electron chi connectivity index (χ1n) is 5.10. The predicted molar refractivity (Wildman–Crippen MR) is 62.6 cm³/mol. The monoisotopic (exact) mass is 210 g/mol. The first-order chi connectivity index (χ1) is 6.74. The molecule has 0 spiro atoms. The molecule has 0 aliphatic rings. The minimum atomic E-state index is -0.190. The predicted octanol–water partition coefficient (Wildman–Crippen LogP) is 3.19. The van der Waals surface area contributed by atoms with Gasteiger partial charge in [0.15, 0.2) is 0 Å². The maximum Gasteiger partial charge on any atom is 0.0659 e. The lowest BCUT2D eigenvalue weighted by Crippen LogP contribution is -2.19. The summed E-state index contributed by atoms with van der Waals surface area (Å²) in [6.45, 7) is 4.21. The second-order valence-electron chi connectivity index (χ2n) is 3.58. The summed E-state index contributed by atoms with van der Waals surface area (Å²) in [6, 6.07) is 10.2. The van der Waals surface area contributed by atoms with E-state index in [9.17, 15) is 5.11 Å². The van der Waals surface area contributed by atoms with Gasteiger partial charge in [0.25, 0.3) is 0 Å². The van der Waals surface area contributed by atoms with Crippen LogP contribution in [0, 0.1) is 5.92 Å². The van der Waals surface area contributed by atoms with Crippen LogP contribution in [0.4, 0.5) is 0 Å². The zero-order valence-corrected chi connectivity index (χ0v) is 9.63. The second-order valence-corrected chi connectivity index (χ2v) is 4.67. The minimum absolute atomic E-state index is 0.190. The summed E-state index contributed by atoms with van der Waals surface area (Å²) in [5, 5.41) is 9.76. The van der Waals surface area contributed by atoms with Crippen LogP contribution in [-0.2, 0) is 0 Å². The van der Waals surface area contributed by atoms with Gasteiger partial charge in [-0.05, 0) is 18.1 Å². The third-order valence-corrected chi connectivity index (χ3v) is 3.58. The fourth-order valence-electron chi connectivity index (χ4n) is 1.13. The van der Waals surface area contributed by atoms with Crippen LogP contribution in [0.2, 0.25) is 0 Å². The molecule has 0 heterocycles. The van der Waals surface area contributed by atoms with Crippen molar-refractivity contribution >= 4 is 11.8 Å². The number of rotatable bonds is 5. The summed E-state index contributed by atoms with van der Waals surface area (Å²) in [6.07, 6.45) is 0.849. The first kappa shape index (κ1) is 11.6. The van der Waals surface area contributed by atoms with E-state index in [1.165, 1.54) is 4.90 Å². The van der Waals surface area contributed by atoms with Crippen molar-refractivity contribution in [3.63, 3.8) is 0 Å². The zero-order valence-electron chi connectivity index (χ0n) is 8.81. The lowest BCUT2D eigenvalue weighted by Gasteiger charge is -2.16. The summed E-state index contributed by atoms with van der Waals surface area (Å²) in [7, 11) is 0. The fourth-order valence-corrected chi connectivity index (χ4v) is 2.18. The van der Waals surface area contributed by atoms with Crippen molar-refractivity contribution in [1.82, 2.24) is 0 Å². The molecule has 2 atom stereocenters. The Kier molecular flexibility index (Phi) is 5.05. The van der Waals surface area contributed by atoms with Crippen LogP contribution in [-0.4, -0.2) is 17.0 Å². The molecule has 0 bridgehead atoms. The Bertz CT molecular complexity index is 248. The van der Waals surface area contributed by atoms with Crippen LogP contribution in [0.3, 0.4) is 0 Å². The Labute approximate surface area is 90.5 Å². The molecule has 0 saturated carbocycles. The molecule has 0 amide bonds. The van der Waals surface area contributed by atoms with Gasteiger partial charge >= 0.3 is 0 Å². The van der Waals surface area contributed by atoms with Crippen molar-refractivity contribution in [1.29, 1.82) is 0 Å². The van der Waals surface area contributed by atoms with Gasteiger partial charge in [-0.3, -0.25) is 0 Å². The Morgan fingerprint density at radius 1 is 1.29 bits per heavy atom. The molecule has 1 rings (SSSR count). The van der Waals surface area contributed by atoms with Crippen molar-refractivity contribution in [2.75, 3.05) is 5.75 Å². The van der Waals surface area contributed by atoms with Crippen LogP contribution in [0.5, 0.6) is 0 Å². The summed E-state index contributed by atoms with van der Waals surface area (Å²) in [5.74, 6) is 1.19. The third kappa shape index (κ3) is 3.72. The summed E-state index contributed by atoms with van der Waals surface area (Å²) in [5.41, 5.74) is 0. The molecule has 0 aromatic heterocycles. The average Bonchev–Trinajstić information content (AvgIpc) is 2.26. The van der Waals surface area contributed by atoms with E-state index in [1.54, 1.807) is 11.8 Å². The van der Waals surface area contributed by atoms with Crippen molar-refractivity contribution in [2.24, 2.45) is 5.92 Å². The van der Waals surface area contributed by atoms with Crippen LogP contribution in [0.15, 0.2) is 35.2 Å². The SMILES string of the molecule is CCC(C)C(O)CSc1ccccc1. The molecule has 0 radical (unpaired) electrons. The molecule has 0 saturated heterocycles. The van der Waals surface area contributed by atoms with Gasteiger partial charge in [0, 0.05) is 10.6 Å². The Hall–Kier alpha value is -0.470. The lowest BCUT2D eigenvalue weighted by atomic mass is 10.0. The molecule has 1 N–H and O–H groups in total. The van der Waals surface area contributed by atoms with E-state index >= 15 is 0 Å². The van der Waals surface area contributed by atoms with Gasteiger partial charge in [0.1, 0.15) is 0 Å². The van der Waals surface area contributed by atoms with Crippen LogP contribution >= 0.6 is 11.8 Å². The number of aliphatic hydroxyl groups excluding tert-OH is 1. The van der Waals surface area contributed by atoms with Gasteiger partial charge in [0.2, 0.25) is 0 Å². The van der Waals surface area contributed by atoms with E-state index < -0.39 is 0 Å². The fraction of sp³-hybridized carbons (Fsp3) is 0.500. The third-order valence-electron chi connectivity index (χ3n) is 2.46. The highest BCUT2D eigenvalue weighted by molar-refractivity contribution is 7.99. The molecule has 1 nitrogen and oxygen atoms in total. The molecule has 0 aliphatic carbocycles. The second kappa shape index (κ2) is 6.10. The maximum absolute atomic E-state index is 9.76. The molecular formula is C12H18OS. The maximum atomic E-state index is 9.76. The molecule has 2 heteroatoms. The minimum Gasteiger partial charge on any atom is -0.392 e. The highest BCUT2D eigenvalue weighted by Crippen LogP contribution is 2.21. The molecule has 1 aromatic rings. The highest BCUT2D eigenvalue weighted by Gasteiger charge is 2.11. The zero-order chi connectivity index (χ0) is 10.4. The molecule has 78 valence electrons. The van der Waals surface area contributed by atoms with E-state index in [0.717, 1.165) is 12.2 Å². The Balaban J connectivity index is 2.34. The normalized spacial score (nSPS) is 15.1. The van der Waals surface area contributed by atoms with Gasteiger partial charge in [-0.1, -0.05) is 38.5 Å².